The van der Waals surface area contributed by atoms with Crippen LogP contribution in [0, 0.1) is 6.57 Å². The Kier molecular flexibility index (Phi) is 2.98. The maximum Gasteiger partial charge on any atom is 0.329 e. The molecule has 1 heterocycles. The Bertz CT molecular complexity index is 355. The number of rotatable bonds is 2. The third-order valence-corrected chi connectivity index (χ3v) is 1.39. The van der Waals surface area contributed by atoms with Gasteiger partial charge in [0.2, 0.25) is 0 Å². The van der Waals surface area contributed by atoms with E-state index in [1.807, 2.05) is 0 Å². The first-order valence-electron chi connectivity index (χ1n) is 3.79. The number of nitrogens with zero attached hydrogens (tertiary/aromatic N) is 2. The Balaban J connectivity index is 3.01. The number of hydrogen-bond acceptors (Lipinski definition) is 3. The summed E-state index contributed by atoms with van der Waals surface area (Å²) in [5.41, 5.74) is 0.222. The summed E-state index contributed by atoms with van der Waals surface area (Å²) in [5, 5.41) is 0. The van der Waals surface area contributed by atoms with E-state index >= 15 is 0 Å². The van der Waals surface area contributed by atoms with Crippen molar-refractivity contribution >= 4 is 11.8 Å². The van der Waals surface area contributed by atoms with Crippen LogP contribution in [0.2, 0.25) is 0 Å². The van der Waals surface area contributed by atoms with Crippen molar-refractivity contribution < 1.29 is 9.53 Å². The molecule has 0 bridgehead atoms. The highest BCUT2D eigenvalue weighted by molar-refractivity contribution is 5.94. The van der Waals surface area contributed by atoms with Crippen LogP contribution < -0.4 is 0 Å². The lowest BCUT2D eigenvalue weighted by atomic mass is 10.2. The summed E-state index contributed by atoms with van der Waals surface area (Å²) in [5.74, 6) is -0.414. The Labute approximate surface area is 76.0 Å². The highest BCUT2D eigenvalue weighted by Gasteiger charge is 2.12. The average molecular weight is 176 g/mol. The predicted molar refractivity (Wildman–Crippen MR) is 46.5 cm³/mol. The monoisotopic (exact) mass is 176 g/mol. The Hall–Kier alpha value is -1.89. The van der Waals surface area contributed by atoms with Gasteiger partial charge in [0.25, 0.3) is 5.82 Å². The second kappa shape index (κ2) is 4.21. The summed E-state index contributed by atoms with van der Waals surface area (Å²) < 4.78 is 4.75. The van der Waals surface area contributed by atoms with Crippen molar-refractivity contribution in [2.75, 3.05) is 6.61 Å². The molecular formula is C9H8N2O2. The van der Waals surface area contributed by atoms with Gasteiger partial charge in [0.05, 0.1) is 12.2 Å². The molecule has 0 N–H and O–H groups in total. The van der Waals surface area contributed by atoms with E-state index in [4.69, 9.17) is 11.3 Å². The molecule has 0 radical (unpaired) electrons. The summed E-state index contributed by atoms with van der Waals surface area (Å²) in [7, 11) is 0. The summed E-state index contributed by atoms with van der Waals surface area (Å²) >= 11 is 0. The molecule has 13 heavy (non-hydrogen) atoms. The quantitative estimate of drug-likeness (QED) is 0.509. The summed E-state index contributed by atoms with van der Waals surface area (Å²) in [6, 6.07) is 3.12. The van der Waals surface area contributed by atoms with Gasteiger partial charge in [0, 0.05) is 0 Å². The maximum atomic E-state index is 11.2. The van der Waals surface area contributed by atoms with E-state index in [2.05, 4.69) is 9.83 Å². The van der Waals surface area contributed by atoms with Gasteiger partial charge in [-0.2, -0.15) is 0 Å². The largest absolute Gasteiger partial charge is 0.463 e. The van der Waals surface area contributed by atoms with Gasteiger partial charge in [0.15, 0.2) is 0 Å². The van der Waals surface area contributed by atoms with Crippen LogP contribution in [-0.2, 0) is 4.74 Å². The topological polar surface area (TPSA) is 43.5 Å². The molecule has 0 unspecified atom stereocenters. The van der Waals surface area contributed by atoms with Gasteiger partial charge in [-0.25, -0.2) is 4.79 Å². The summed E-state index contributed by atoms with van der Waals surface area (Å²) in [6.45, 7) is 8.78. The number of hydrogen-bond donors (Lipinski definition) is 0. The molecule has 0 atom stereocenters. The fraction of sp³-hybridized carbons (Fsp3) is 0.222. The number of carbonyl (C=O) groups excluding carboxylic acids is 1. The van der Waals surface area contributed by atoms with E-state index < -0.39 is 5.97 Å². The molecule has 0 aliphatic heterocycles. The van der Waals surface area contributed by atoms with Crippen LogP contribution in [0.4, 0.5) is 5.82 Å². The maximum absolute atomic E-state index is 11.2. The molecular weight excluding hydrogens is 168 g/mol. The Morgan fingerprint density at radius 3 is 3.15 bits per heavy atom. The first kappa shape index (κ1) is 9.20. The minimum Gasteiger partial charge on any atom is -0.463 e. The highest BCUT2D eigenvalue weighted by Crippen LogP contribution is 2.15. The lowest BCUT2D eigenvalue weighted by Crippen LogP contribution is -2.04. The lowest BCUT2D eigenvalue weighted by Gasteiger charge is -2.01. The molecule has 0 amide bonds. The highest BCUT2D eigenvalue weighted by atomic mass is 16.5. The first-order chi connectivity index (χ1) is 6.29. The molecule has 1 rings (SSSR count). The molecule has 0 fully saturated rings. The molecule has 1 aromatic heterocycles. The molecule has 0 aliphatic carbocycles. The van der Waals surface area contributed by atoms with E-state index in [1.54, 1.807) is 13.0 Å². The minimum absolute atomic E-state index is 0.0842. The van der Waals surface area contributed by atoms with E-state index in [9.17, 15) is 4.79 Å². The minimum atomic E-state index is -0.499. The van der Waals surface area contributed by atoms with Crippen LogP contribution in [0.5, 0.6) is 0 Å². The number of pyridine rings is 1. The van der Waals surface area contributed by atoms with E-state index in [1.165, 1.54) is 12.3 Å². The Morgan fingerprint density at radius 1 is 1.77 bits per heavy atom. The summed E-state index contributed by atoms with van der Waals surface area (Å²) in [6.07, 6.45) is 1.47. The van der Waals surface area contributed by atoms with Crippen molar-refractivity contribution in [3.63, 3.8) is 0 Å². The van der Waals surface area contributed by atoms with Crippen molar-refractivity contribution in [3.05, 3.63) is 35.3 Å². The molecule has 4 heteroatoms. The lowest BCUT2D eigenvalue weighted by molar-refractivity contribution is 0.0527. The van der Waals surface area contributed by atoms with Crippen molar-refractivity contribution in [2.24, 2.45) is 0 Å². The number of esters is 1. The van der Waals surface area contributed by atoms with Crippen LogP contribution in [-0.4, -0.2) is 17.6 Å². The van der Waals surface area contributed by atoms with Crippen molar-refractivity contribution in [1.29, 1.82) is 0 Å². The smallest absolute Gasteiger partial charge is 0.329 e. The number of aromatic nitrogens is 1. The van der Waals surface area contributed by atoms with Crippen LogP contribution >= 0.6 is 0 Å². The Morgan fingerprint density at radius 2 is 2.54 bits per heavy atom. The zero-order valence-corrected chi connectivity index (χ0v) is 7.15. The molecule has 0 saturated heterocycles. The summed E-state index contributed by atoms with van der Waals surface area (Å²) in [4.78, 5) is 18.1. The molecule has 0 spiro atoms. The first-order valence-corrected chi connectivity index (χ1v) is 3.79. The normalized spacial score (nSPS) is 8.92. The predicted octanol–water partition coefficient (Wildman–Crippen LogP) is 1.81. The van der Waals surface area contributed by atoms with Crippen LogP contribution in [0.15, 0.2) is 18.3 Å². The van der Waals surface area contributed by atoms with Crippen LogP contribution in [0.3, 0.4) is 0 Å². The van der Waals surface area contributed by atoms with Crippen molar-refractivity contribution in [3.8, 4) is 0 Å². The standard InChI is InChI=1S/C9H8N2O2/c1-3-13-9(12)7-5-4-6-11-8(7)10-2/h4-6H,3H2,1H3. The van der Waals surface area contributed by atoms with Gasteiger partial charge in [-0.3, -0.25) is 0 Å². The van der Waals surface area contributed by atoms with E-state index in [-0.39, 0.29) is 11.4 Å². The van der Waals surface area contributed by atoms with E-state index in [0.717, 1.165) is 0 Å². The van der Waals surface area contributed by atoms with E-state index in [0.29, 0.717) is 6.61 Å². The third-order valence-electron chi connectivity index (χ3n) is 1.39. The average Bonchev–Trinajstić information content (AvgIpc) is 2.18. The van der Waals surface area contributed by atoms with Gasteiger partial charge < -0.3 is 9.58 Å². The SMILES string of the molecule is [C-]#[N+]c1ncccc1C(=O)OCC. The zero-order valence-electron chi connectivity index (χ0n) is 7.15. The molecule has 0 aliphatic rings. The third kappa shape index (κ3) is 2.03. The second-order valence-electron chi connectivity index (χ2n) is 2.21. The fourth-order valence-corrected chi connectivity index (χ4v) is 0.854. The molecule has 1 aromatic rings. The van der Waals surface area contributed by atoms with Gasteiger partial charge in [0.1, 0.15) is 6.20 Å². The zero-order chi connectivity index (χ0) is 9.68. The fourth-order valence-electron chi connectivity index (χ4n) is 0.854. The van der Waals surface area contributed by atoms with Crippen molar-refractivity contribution in [1.82, 2.24) is 4.98 Å². The van der Waals surface area contributed by atoms with Gasteiger partial charge in [-0.05, 0) is 13.0 Å². The van der Waals surface area contributed by atoms with Gasteiger partial charge in [-0.15, -0.1) is 4.98 Å². The van der Waals surface area contributed by atoms with Crippen molar-refractivity contribution in [2.45, 2.75) is 6.92 Å². The molecule has 0 saturated carbocycles. The second-order valence-corrected chi connectivity index (χ2v) is 2.21. The van der Waals surface area contributed by atoms with Gasteiger partial charge in [-0.1, -0.05) is 12.6 Å². The van der Waals surface area contributed by atoms with Crippen LogP contribution in [0.1, 0.15) is 17.3 Å². The van der Waals surface area contributed by atoms with Gasteiger partial charge >= 0.3 is 5.97 Å². The number of ether oxygens (including phenoxy) is 1. The molecule has 66 valence electrons. The molecule has 0 aromatic carbocycles. The molecule has 4 nitrogen and oxygen atoms in total. The number of carbonyl (C=O) groups is 1. The van der Waals surface area contributed by atoms with Crippen LogP contribution in [0.25, 0.3) is 4.85 Å².